The molecule has 6 nitrogen and oxygen atoms in total. The molecule has 1 aliphatic heterocycles. The van der Waals surface area contributed by atoms with Crippen molar-refractivity contribution < 1.29 is 13.2 Å². The standard InChI is InChI=1S/C14H18ClN3O3S/c15-11-4-3-10(17-13(19)14(16)5-6-14)9-12(11)22(20,21)18-7-1-2-8-18/h3-4,9H,1-2,5-8,16H2,(H,17,19). The van der Waals surface area contributed by atoms with Gasteiger partial charge < -0.3 is 11.1 Å². The topological polar surface area (TPSA) is 92.5 Å². The van der Waals surface area contributed by atoms with Gasteiger partial charge in [0, 0.05) is 18.8 Å². The van der Waals surface area contributed by atoms with Crippen LogP contribution in [0, 0.1) is 0 Å². The van der Waals surface area contributed by atoms with Crippen molar-refractivity contribution >= 4 is 33.2 Å². The van der Waals surface area contributed by atoms with Crippen LogP contribution in [0.3, 0.4) is 0 Å². The number of carbonyl (C=O) groups excluding carboxylic acids is 1. The van der Waals surface area contributed by atoms with Gasteiger partial charge in [-0.2, -0.15) is 4.31 Å². The van der Waals surface area contributed by atoms with Crippen LogP contribution in [0.15, 0.2) is 23.1 Å². The Labute approximate surface area is 134 Å². The molecule has 0 unspecified atom stereocenters. The molecule has 2 aliphatic rings. The summed E-state index contributed by atoms with van der Waals surface area (Å²) in [6, 6.07) is 4.46. The maximum Gasteiger partial charge on any atom is 0.244 e. The molecule has 0 aromatic heterocycles. The third-order valence-electron chi connectivity index (χ3n) is 4.11. The van der Waals surface area contributed by atoms with E-state index in [1.54, 1.807) is 6.07 Å². The summed E-state index contributed by atoms with van der Waals surface area (Å²) in [4.78, 5) is 12.0. The molecule has 120 valence electrons. The lowest BCUT2D eigenvalue weighted by molar-refractivity contribution is -0.118. The van der Waals surface area contributed by atoms with E-state index in [-0.39, 0.29) is 15.8 Å². The normalized spacial score (nSPS) is 20.8. The van der Waals surface area contributed by atoms with Crippen LogP contribution in [0.1, 0.15) is 25.7 Å². The quantitative estimate of drug-likeness (QED) is 0.867. The van der Waals surface area contributed by atoms with Gasteiger partial charge in [-0.3, -0.25) is 4.79 Å². The number of nitrogens with zero attached hydrogens (tertiary/aromatic N) is 1. The van der Waals surface area contributed by atoms with Crippen molar-refractivity contribution in [3.8, 4) is 0 Å². The van der Waals surface area contributed by atoms with E-state index in [1.807, 2.05) is 0 Å². The first kappa shape index (κ1) is 15.7. The van der Waals surface area contributed by atoms with Crippen molar-refractivity contribution in [2.75, 3.05) is 18.4 Å². The van der Waals surface area contributed by atoms with Crippen LogP contribution >= 0.6 is 11.6 Å². The van der Waals surface area contributed by atoms with Crippen molar-refractivity contribution in [1.82, 2.24) is 4.31 Å². The summed E-state index contributed by atoms with van der Waals surface area (Å²) >= 11 is 6.05. The fourth-order valence-electron chi connectivity index (χ4n) is 2.46. The molecule has 1 aromatic rings. The van der Waals surface area contributed by atoms with Gasteiger partial charge in [-0.15, -0.1) is 0 Å². The molecular weight excluding hydrogens is 326 g/mol. The Morgan fingerprint density at radius 1 is 1.27 bits per heavy atom. The number of nitrogens with two attached hydrogens (primary N) is 1. The molecule has 1 heterocycles. The highest BCUT2D eigenvalue weighted by Gasteiger charge is 2.46. The zero-order valence-corrected chi connectivity index (χ0v) is 13.6. The van der Waals surface area contributed by atoms with Gasteiger partial charge in [0.15, 0.2) is 0 Å². The summed E-state index contributed by atoms with van der Waals surface area (Å²) < 4.78 is 26.6. The highest BCUT2D eigenvalue weighted by molar-refractivity contribution is 7.89. The number of amides is 1. The van der Waals surface area contributed by atoms with E-state index in [0.29, 0.717) is 31.6 Å². The minimum absolute atomic E-state index is 0.0238. The van der Waals surface area contributed by atoms with E-state index >= 15 is 0 Å². The first-order valence-corrected chi connectivity index (χ1v) is 9.05. The Hall–Kier alpha value is -1.15. The number of rotatable bonds is 4. The number of anilines is 1. The second-order valence-corrected chi connectivity index (χ2v) is 8.18. The van der Waals surface area contributed by atoms with Crippen molar-refractivity contribution in [3.63, 3.8) is 0 Å². The molecule has 2 fully saturated rings. The third-order valence-corrected chi connectivity index (χ3v) is 6.49. The Bertz CT molecular complexity index is 710. The zero-order valence-electron chi connectivity index (χ0n) is 12.0. The molecule has 3 N–H and O–H groups in total. The molecule has 1 saturated carbocycles. The van der Waals surface area contributed by atoms with Crippen LogP contribution in [-0.4, -0.2) is 37.3 Å². The van der Waals surface area contributed by atoms with Crippen molar-refractivity contribution in [3.05, 3.63) is 23.2 Å². The van der Waals surface area contributed by atoms with E-state index in [1.165, 1.54) is 16.4 Å². The maximum atomic E-state index is 12.6. The Balaban J connectivity index is 1.88. The number of sulfonamides is 1. The Morgan fingerprint density at radius 3 is 2.50 bits per heavy atom. The molecule has 1 saturated heterocycles. The largest absolute Gasteiger partial charge is 0.324 e. The van der Waals surface area contributed by atoms with Crippen molar-refractivity contribution in [2.45, 2.75) is 36.1 Å². The summed E-state index contributed by atoms with van der Waals surface area (Å²) in [5.41, 5.74) is 5.41. The van der Waals surface area contributed by atoms with Crippen LogP contribution in [0.4, 0.5) is 5.69 Å². The molecule has 22 heavy (non-hydrogen) atoms. The number of hydrogen-bond donors (Lipinski definition) is 2. The fourth-order valence-corrected chi connectivity index (χ4v) is 4.48. The molecule has 3 rings (SSSR count). The summed E-state index contributed by atoms with van der Waals surface area (Å²) in [6.07, 6.45) is 2.99. The molecule has 0 spiro atoms. The van der Waals surface area contributed by atoms with Gasteiger partial charge in [0.2, 0.25) is 15.9 Å². The van der Waals surface area contributed by atoms with Crippen LogP contribution in [0.2, 0.25) is 5.02 Å². The molecule has 1 aliphatic carbocycles. The predicted molar refractivity (Wildman–Crippen MR) is 84.2 cm³/mol. The fraction of sp³-hybridized carbons (Fsp3) is 0.500. The summed E-state index contributed by atoms with van der Waals surface area (Å²) in [5, 5.41) is 2.82. The number of hydrogen-bond acceptors (Lipinski definition) is 4. The zero-order chi connectivity index (χ0) is 16.0. The lowest BCUT2D eigenvalue weighted by Crippen LogP contribution is -2.37. The maximum absolute atomic E-state index is 12.6. The van der Waals surface area contributed by atoms with Gasteiger partial charge >= 0.3 is 0 Å². The van der Waals surface area contributed by atoms with Gasteiger partial charge in [-0.1, -0.05) is 11.6 Å². The summed E-state index contributed by atoms with van der Waals surface area (Å²) in [6.45, 7) is 1.00. The average molecular weight is 344 g/mol. The minimum Gasteiger partial charge on any atom is -0.324 e. The van der Waals surface area contributed by atoms with Gasteiger partial charge in [0.05, 0.1) is 10.6 Å². The van der Waals surface area contributed by atoms with E-state index < -0.39 is 15.6 Å². The number of halogens is 1. The monoisotopic (exact) mass is 343 g/mol. The number of benzene rings is 1. The van der Waals surface area contributed by atoms with E-state index in [4.69, 9.17) is 17.3 Å². The number of carbonyl (C=O) groups is 1. The third kappa shape index (κ3) is 2.86. The molecule has 0 atom stereocenters. The van der Waals surface area contributed by atoms with E-state index in [9.17, 15) is 13.2 Å². The molecule has 1 amide bonds. The van der Waals surface area contributed by atoms with Gasteiger partial charge in [0.1, 0.15) is 4.90 Å². The molecular formula is C14H18ClN3O3S. The molecule has 0 bridgehead atoms. The first-order valence-electron chi connectivity index (χ1n) is 7.23. The second-order valence-electron chi connectivity index (χ2n) is 5.87. The highest BCUT2D eigenvalue weighted by atomic mass is 35.5. The van der Waals surface area contributed by atoms with E-state index in [0.717, 1.165) is 12.8 Å². The number of nitrogens with one attached hydrogen (secondary N) is 1. The molecule has 1 aromatic carbocycles. The van der Waals surface area contributed by atoms with Gasteiger partial charge in [-0.05, 0) is 43.9 Å². The highest BCUT2D eigenvalue weighted by Crippen LogP contribution is 2.34. The van der Waals surface area contributed by atoms with Crippen LogP contribution < -0.4 is 11.1 Å². The Kier molecular flexibility index (Phi) is 3.92. The SMILES string of the molecule is NC1(C(=O)Nc2ccc(Cl)c(S(=O)(=O)N3CCCC3)c2)CC1. The van der Waals surface area contributed by atoms with E-state index in [2.05, 4.69) is 5.32 Å². The lowest BCUT2D eigenvalue weighted by Gasteiger charge is -2.17. The van der Waals surface area contributed by atoms with Crippen molar-refractivity contribution in [2.24, 2.45) is 5.73 Å². The van der Waals surface area contributed by atoms with Gasteiger partial charge in [0.25, 0.3) is 0 Å². The first-order chi connectivity index (χ1) is 10.3. The summed E-state index contributed by atoms with van der Waals surface area (Å²) in [5.74, 6) is -0.292. The average Bonchev–Trinajstić information content (AvgIpc) is 3.02. The minimum atomic E-state index is -3.63. The second kappa shape index (κ2) is 5.49. The van der Waals surface area contributed by atoms with Gasteiger partial charge in [-0.25, -0.2) is 8.42 Å². The molecule has 8 heteroatoms. The van der Waals surface area contributed by atoms with Crippen molar-refractivity contribution in [1.29, 1.82) is 0 Å². The predicted octanol–water partition coefficient (Wildman–Crippen LogP) is 1.55. The summed E-state index contributed by atoms with van der Waals surface area (Å²) in [7, 11) is -3.63. The van der Waals surface area contributed by atoms with Crippen LogP contribution in [0.5, 0.6) is 0 Å². The smallest absolute Gasteiger partial charge is 0.244 e. The van der Waals surface area contributed by atoms with Crippen LogP contribution in [-0.2, 0) is 14.8 Å². The Morgan fingerprint density at radius 2 is 1.91 bits per heavy atom. The molecule has 0 radical (unpaired) electrons. The lowest BCUT2D eigenvalue weighted by atomic mass is 10.2. The van der Waals surface area contributed by atoms with Crippen LogP contribution in [0.25, 0.3) is 0 Å².